The fourth-order valence-corrected chi connectivity index (χ4v) is 3.74. The Morgan fingerprint density at radius 2 is 2.04 bits per heavy atom. The molecule has 2 aliphatic heterocycles. The molecule has 0 radical (unpaired) electrons. The van der Waals surface area contributed by atoms with E-state index >= 15 is 0 Å². The quantitative estimate of drug-likeness (QED) is 0.791. The zero-order valence-electron chi connectivity index (χ0n) is 14.4. The molecule has 7 heteroatoms. The van der Waals surface area contributed by atoms with Gasteiger partial charge in [0.1, 0.15) is 0 Å². The first-order chi connectivity index (χ1) is 13.1. The largest absolute Gasteiger partial charge is 0.503 e. The number of hydrogen-bond acceptors (Lipinski definition) is 5. The Labute approximate surface area is 161 Å². The first-order valence-corrected chi connectivity index (χ1v) is 9.13. The summed E-state index contributed by atoms with van der Waals surface area (Å²) in [5.41, 5.74) is 0.694. The van der Waals surface area contributed by atoms with E-state index in [1.807, 2.05) is 0 Å². The Morgan fingerprint density at radius 1 is 1.26 bits per heavy atom. The monoisotopic (exact) mass is 387 g/mol. The number of carbonyl (C=O) groups excluding carboxylic acids is 2. The molecule has 4 rings (SSSR count). The minimum absolute atomic E-state index is 0.00951. The van der Waals surface area contributed by atoms with Gasteiger partial charge in [-0.3, -0.25) is 9.59 Å². The smallest absolute Gasteiger partial charge is 0.290 e. The summed E-state index contributed by atoms with van der Waals surface area (Å²) in [4.78, 5) is 27.2. The zero-order valence-corrected chi connectivity index (χ0v) is 15.2. The molecule has 2 atom stereocenters. The van der Waals surface area contributed by atoms with E-state index in [1.165, 1.54) is 17.2 Å². The van der Waals surface area contributed by atoms with Gasteiger partial charge in [-0.25, -0.2) is 0 Å². The van der Waals surface area contributed by atoms with Crippen molar-refractivity contribution >= 4 is 23.3 Å². The highest BCUT2D eigenvalue weighted by Crippen LogP contribution is 2.40. The third kappa shape index (κ3) is 3.26. The molecule has 1 aromatic carbocycles. The van der Waals surface area contributed by atoms with E-state index in [0.717, 1.165) is 12.8 Å². The molecule has 6 nitrogen and oxygen atoms in total. The first-order valence-electron chi connectivity index (χ1n) is 8.75. The van der Waals surface area contributed by atoms with Crippen LogP contribution in [-0.4, -0.2) is 41.0 Å². The third-order valence-corrected chi connectivity index (χ3v) is 5.16. The highest BCUT2D eigenvalue weighted by Gasteiger charge is 2.45. The standard InChI is InChI=1S/C20H18ClNO5/c21-13-7-5-12(6-8-13)17-16(18(23)15-4-2-10-27-15)19(24)20(25)22(17)11-14-3-1-9-26-14/h2,4-8,10,14,17,24H,1,3,9,11H2/t14-,17+/m0/s1. The number of ether oxygens (including phenoxy) is 1. The predicted octanol–water partition coefficient (Wildman–Crippen LogP) is 3.69. The van der Waals surface area contributed by atoms with Crippen molar-refractivity contribution in [3.8, 4) is 0 Å². The van der Waals surface area contributed by atoms with E-state index in [9.17, 15) is 14.7 Å². The van der Waals surface area contributed by atoms with Gasteiger partial charge in [0.2, 0.25) is 5.78 Å². The Kier molecular flexibility index (Phi) is 4.76. The van der Waals surface area contributed by atoms with Crippen LogP contribution >= 0.6 is 11.6 Å². The molecule has 0 aliphatic carbocycles. The van der Waals surface area contributed by atoms with Crippen LogP contribution in [0.25, 0.3) is 0 Å². The van der Waals surface area contributed by atoms with Crippen molar-refractivity contribution in [3.05, 3.63) is 70.3 Å². The maximum Gasteiger partial charge on any atom is 0.290 e. The van der Waals surface area contributed by atoms with Gasteiger partial charge in [-0.05, 0) is 42.7 Å². The number of rotatable bonds is 5. The van der Waals surface area contributed by atoms with Crippen molar-refractivity contribution < 1.29 is 23.8 Å². The van der Waals surface area contributed by atoms with Crippen molar-refractivity contribution in [1.29, 1.82) is 0 Å². The fourth-order valence-electron chi connectivity index (χ4n) is 3.61. The lowest BCUT2D eigenvalue weighted by Gasteiger charge is -2.28. The van der Waals surface area contributed by atoms with Crippen LogP contribution in [0.15, 0.2) is 58.4 Å². The maximum absolute atomic E-state index is 12.9. The predicted molar refractivity (Wildman–Crippen MR) is 97.6 cm³/mol. The van der Waals surface area contributed by atoms with Crippen LogP contribution in [0.3, 0.4) is 0 Å². The van der Waals surface area contributed by atoms with Gasteiger partial charge in [0.25, 0.3) is 5.91 Å². The van der Waals surface area contributed by atoms with E-state index in [-0.39, 0.29) is 17.4 Å². The lowest BCUT2D eigenvalue weighted by molar-refractivity contribution is -0.131. The SMILES string of the molecule is O=C(C1=C(O)C(=O)N(C[C@@H]2CCCO2)[C@@H]1c1ccc(Cl)cc1)c1ccco1. The number of benzene rings is 1. The number of hydrogen-bond donors (Lipinski definition) is 1. The van der Waals surface area contributed by atoms with Crippen molar-refractivity contribution in [2.75, 3.05) is 13.2 Å². The summed E-state index contributed by atoms with van der Waals surface area (Å²) >= 11 is 5.99. The van der Waals surface area contributed by atoms with Crippen LogP contribution in [0.5, 0.6) is 0 Å². The highest BCUT2D eigenvalue weighted by molar-refractivity contribution is 6.30. The number of ketones is 1. The number of nitrogens with zero attached hydrogens (tertiary/aromatic N) is 1. The maximum atomic E-state index is 12.9. The molecule has 2 aliphatic rings. The Balaban J connectivity index is 1.75. The van der Waals surface area contributed by atoms with Crippen molar-refractivity contribution in [2.24, 2.45) is 0 Å². The molecule has 0 unspecified atom stereocenters. The van der Waals surface area contributed by atoms with Crippen LogP contribution in [0.4, 0.5) is 0 Å². The summed E-state index contributed by atoms with van der Waals surface area (Å²) < 4.78 is 10.8. The molecule has 1 N–H and O–H groups in total. The van der Waals surface area contributed by atoms with Gasteiger partial charge >= 0.3 is 0 Å². The molecule has 1 saturated heterocycles. The summed E-state index contributed by atoms with van der Waals surface area (Å²) in [6.45, 7) is 0.945. The van der Waals surface area contributed by atoms with Gasteiger partial charge < -0.3 is 19.2 Å². The molecule has 0 spiro atoms. The lowest BCUT2D eigenvalue weighted by Crippen LogP contribution is -2.37. The highest BCUT2D eigenvalue weighted by atomic mass is 35.5. The average Bonchev–Trinajstić information content (AvgIpc) is 3.41. The van der Waals surface area contributed by atoms with Crippen molar-refractivity contribution in [2.45, 2.75) is 25.0 Å². The molecule has 27 heavy (non-hydrogen) atoms. The van der Waals surface area contributed by atoms with Gasteiger partial charge in [0.05, 0.1) is 24.0 Å². The summed E-state index contributed by atoms with van der Waals surface area (Å²) in [5.74, 6) is -1.57. The van der Waals surface area contributed by atoms with E-state index in [0.29, 0.717) is 23.7 Å². The summed E-state index contributed by atoms with van der Waals surface area (Å²) in [5, 5.41) is 11.1. The molecule has 0 saturated carbocycles. The minimum Gasteiger partial charge on any atom is -0.503 e. The van der Waals surface area contributed by atoms with Crippen molar-refractivity contribution in [3.63, 3.8) is 0 Å². The van der Waals surface area contributed by atoms with Crippen LogP contribution < -0.4 is 0 Å². The molecular weight excluding hydrogens is 370 g/mol. The Hall–Kier alpha value is -2.57. The zero-order chi connectivity index (χ0) is 19.0. The van der Waals surface area contributed by atoms with Crippen LogP contribution in [0.1, 0.15) is 35.0 Å². The molecule has 1 fully saturated rings. The molecule has 0 bridgehead atoms. The Morgan fingerprint density at radius 3 is 2.67 bits per heavy atom. The number of amides is 1. The van der Waals surface area contributed by atoms with E-state index in [2.05, 4.69) is 0 Å². The van der Waals surface area contributed by atoms with Gasteiger partial charge in [-0.2, -0.15) is 0 Å². The number of halogens is 1. The topological polar surface area (TPSA) is 80.0 Å². The molecule has 140 valence electrons. The first kappa shape index (κ1) is 17.8. The number of aliphatic hydroxyl groups excluding tert-OH is 1. The van der Waals surface area contributed by atoms with E-state index in [1.54, 1.807) is 30.3 Å². The van der Waals surface area contributed by atoms with Gasteiger partial charge in [0, 0.05) is 18.2 Å². The molecular formula is C20H18ClNO5. The second kappa shape index (κ2) is 7.21. The van der Waals surface area contributed by atoms with E-state index in [4.69, 9.17) is 20.8 Å². The normalized spacial score (nSPS) is 22.7. The fraction of sp³-hybridized carbons (Fsp3) is 0.300. The second-order valence-corrected chi connectivity index (χ2v) is 7.05. The molecule has 1 aromatic heterocycles. The molecule has 3 heterocycles. The molecule has 2 aromatic rings. The van der Waals surface area contributed by atoms with Crippen LogP contribution in [-0.2, 0) is 9.53 Å². The van der Waals surface area contributed by atoms with Crippen LogP contribution in [0.2, 0.25) is 5.02 Å². The van der Waals surface area contributed by atoms with E-state index < -0.39 is 23.5 Å². The summed E-state index contributed by atoms with van der Waals surface area (Å²) in [7, 11) is 0. The molecule has 1 amide bonds. The summed E-state index contributed by atoms with van der Waals surface area (Å²) in [6.07, 6.45) is 3.02. The van der Waals surface area contributed by atoms with Crippen LogP contribution in [0, 0.1) is 0 Å². The number of carbonyl (C=O) groups is 2. The Bertz CT molecular complexity index is 882. The summed E-state index contributed by atoms with van der Waals surface area (Å²) in [6, 6.07) is 9.24. The second-order valence-electron chi connectivity index (χ2n) is 6.62. The van der Waals surface area contributed by atoms with Gasteiger partial charge in [0.15, 0.2) is 11.5 Å². The number of aliphatic hydroxyl groups is 1. The average molecular weight is 388 g/mol. The third-order valence-electron chi connectivity index (χ3n) is 4.90. The lowest BCUT2D eigenvalue weighted by atomic mass is 9.95. The number of furan rings is 1. The van der Waals surface area contributed by atoms with Gasteiger partial charge in [-0.15, -0.1) is 0 Å². The number of Topliss-reactive ketones (excluding diaryl/α,β-unsaturated/α-hetero) is 1. The van der Waals surface area contributed by atoms with Gasteiger partial charge in [-0.1, -0.05) is 23.7 Å². The van der Waals surface area contributed by atoms with Crippen molar-refractivity contribution in [1.82, 2.24) is 4.90 Å². The minimum atomic E-state index is -0.725.